The van der Waals surface area contributed by atoms with Crippen molar-refractivity contribution in [3.05, 3.63) is 88.0 Å². The summed E-state index contributed by atoms with van der Waals surface area (Å²) in [5.74, 6) is -4.80. The number of aromatic nitrogens is 4. The number of alkyl halides is 3. The predicted octanol–water partition coefficient (Wildman–Crippen LogP) is 3.77. The number of rotatable bonds is 15. The van der Waals surface area contributed by atoms with E-state index in [4.69, 9.17) is 9.47 Å². The van der Waals surface area contributed by atoms with Crippen LogP contribution in [0, 0.1) is 5.92 Å². The van der Waals surface area contributed by atoms with Gasteiger partial charge in [-0.25, -0.2) is 19.6 Å². The maximum absolute atomic E-state index is 13.7. The van der Waals surface area contributed by atoms with Crippen LogP contribution in [0.15, 0.2) is 65.6 Å². The summed E-state index contributed by atoms with van der Waals surface area (Å²) in [5.41, 5.74) is -1.07. The molecule has 2 aromatic carbocycles. The Kier molecular flexibility index (Phi) is 13.7. The lowest BCUT2D eigenvalue weighted by molar-refractivity contribution is -0.170. The molecule has 4 rings (SSSR count). The van der Waals surface area contributed by atoms with Crippen molar-refractivity contribution < 1.29 is 46.6 Å². The SMILES string of the molecule is COC(=O)[C@H](CCCCNC(=O)OCc1ccccc1)NC(=O)c1ccc(N(Cc2cnc3nc(NC(=O)C(C)C)[nH]c(=O)c3n2)C(=O)C(F)(F)F)cc1. The van der Waals surface area contributed by atoms with Gasteiger partial charge in [-0.2, -0.15) is 18.2 Å². The molecule has 4 amide bonds. The summed E-state index contributed by atoms with van der Waals surface area (Å²) in [6.45, 7) is 2.81. The van der Waals surface area contributed by atoms with E-state index in [1.54, 1.807) is 13.8 Å². The Morgan fingerprint density at radius 1 is 0.963 bits per heavy atom. The van der Waals surface area contributed by atoms with E-state index in [2.05, 4.69) is 35.9 Å². The minimum Gasteiger partial charge on any atom is -0.467 e. The molecule has 0 saturated heterocycles. The van der Waals surface area contributed by atoms with Crippen molar-refractivity contribution in [2.75, 3.05) is 23.9 Å². The van der Waals surface area contributed by atoms with Gasteiger partial charge in [0.05, 0.1) is 25.5 Å². The van der Waals surface area contributed by atoms with Gasteiger partial charge >= 0.3 is 24.1 Å². The molecule has 0 spiro atoms. The first-order valence-corrected chi connectivity index (χ1v) is 16.5. The largest absolute Gasteiger partial charge is 0.471 e. The summed E-state index contributed by atoms with van der Waals surface area (Å²) in [4.78, 5) is 89.3. The molecule has 0 aliphatic rings. The Hall–Kier alpha value is -6.40. The average molecular weight is 755 g/mol. The van der Waals surface area contributed by atoms with Gasteiger partial charge in [0.1, 0.15) is 12.6 Å². The number of hydrogen-bond donors (Lipinski definition) is 4. The van der Waals surface area contributed by atoms with E-state index in [0.29, 0.717) is 17.7 Å². The standard InChI is InChI=1S/C35H37F3N8O8/c1-20(2)28(47)44-33-43-27-26(30(49)45-33)41-23(17-40-27)18-46(32(51)35(36,37)38)24-14-12-22(13-15-24)29(48)42-25(31(50)53-3)11-7-8-16-39-34(52)54-19-21-9-5-4-6-10-21/h4-6,9-10,12-15,17,20,25H,7-8,11,16,18-19H2,1-3H3,(H,39,52)(H,42,48)(H2,40,43,44,45,47,49)/t25-/m0/s1. The molecular formula is C35H37F3N8O8. The fourth-order valence-corrected chi connectivity index (χ4v) is 4.81. The molecule has 0 aliphatic heterocycles. The number of methoxy groups -OCH3 is 1. The third kappa shape index (κ3) is 11.3. The summed E-state index contributed by atoms with van der Waals surface area (Å²) >= 11 is 0. The number of aromatic amines is 1. The minimum atomic E-state index is -5.31. The lowest BCUT2D eigenvalue weighted by Crippen LogP contribution is -2.42. The minimum absolute atomic E-state index is 0.0432. The van der Waals surface area contributed by atoms with Crippen LogP contribution in [0.3, 0.4) is 0 Å². The number of esters is 1. The summed E-state index contributed by atoms with van der Waals surface area (Å²) in [7, 11) is 1.14. The zero-order chi connectivity index (χ0) is 39.4. The number of alkyl carbamates (subject to hydrolysis) is 1. The number of carbonyl (C=O) groups is 5. The third-order valence-corrected chi connectivity index (χ3v) is 7.68. The lowest BCUT2D eigenvalue weighted by atomic mass is 10.1. The van der Waals surface area contributed by atoms with Crippen LogP contribution >= 0.6 is 0 Å². The number of amides is 4. The number of nitrogens with one attached hydrogen (secondary N) is 4. The van der Waals surface area contributed by atoms with Crippen molar-refractivity contribution >= 4 is 52.6 Å². The molecule has 0 fully saturated rings. The van der Waals surface area contributed by atoms with Crippen LogP contribution in [0.1, 0.15) is 54.7 Å². The number of hydrogen-bond acceptors (Lipinski definition) is 11. The number of ether oxygens (including phenoxy) is 2. The fraction of sp³-hybridized carbons (Fsp3) is 0.343. The number of fused-ring (bicyclic) bond motifs is 1. The molecule has 54 heavy (non-hydrogen) atoms. The van der Waals surface area contributed by atoms with Gasteiger partial charge in [-0.05, 0) is 49.1 Å². The summed E-state index contributed by atoms with van der Waals surface area (Å²) in [6, 6.07) is 12.5. The van der Waals surface area contributed by atoms with Crippen molar-refractivity contribution in [2.45, 2.75) is 58.5 Å². The molecule has 0 radical (unpaired) electrons. The summed E-state index contributed by atoms with van der Waals surface area (Å²) in [6.07, 6.45) is -3.93. The topological polar surface area (TPSA) is 215 Å². The van der Waals surface area contributed by atoms with Crippen molar-refractivity contribution in [3.8, 4) is 0 Å². The fourth-order valence-electron chi connectivity index (χ4n) is 4.81. The van der Waals surface area contributed by atoms with Crippen LogP contribution in [-0.4, -0.2) is 75.6 Å². The molecular weight excluding hydrogens is 717 g/mol. The highest BCUT2D eigenvalue weighted by molar-refractivity contribution is 5.99. The molecule has 2 heterocycles. The molecule has 4 N–H and O–H groups in total. The average Bonchev–Trinajstić information content (AvgIpc) is 3.15. The predicted molar refractivity (Wildman–Crippen MR) is 187 cm³/mol. The van der Waals surface area contributed by atoms with E-state index in [1.807, 2.05) is 30.3 Å². The second kappa shape index (κ2) is 18.4. The number of halogens is 3. The van der Waals surface area contributed by atoms with Crippen LogP contribution in [-0.2, 0) is 37.0 Å². The van der Waals surface area contributed by atoms with Crippen molar-refractivity contribution in [2.24, 2.45) is 5.92 Å². The number of nitrogens with zero attached hydrogens (tertiary/aromatic N) is 4. The number of anilines is 2. The van der Waals surface area contributed by atoms with Crippen LogP contribution in [0.4, 0.5) is 29.6 Å². The second-order valence-corrected chi connectivity index (χ2v) is 12.1. The Morgan fingerprint density at radius 2 is 1.67 bits per heavy atom. The Labute approximate surface area is 305 Å². The van der Waals surface area contributed by atoms with Gasteiger partial charge in [-0.15, -0.1) is 0 Å². The van der Waals surface area contributed by atoms with Crippen molar-refractivity contribution in [3.63, 3.8) is 0 Å². The van der Waals surface area contributed by atoms with Gasteiger partial charge in [0.15, 0.2) is 11.2 Å². The number of unbranched alkanes of at least 4 members (excludes halogenated alkanes) is 1. The zero-order valence-electron chi connectivity index (χ0n) is 29.4. The van der Waals surface area contributed by atoms with Gasteiger partial charge in [-0.1, -0.05) is 44.2 Å². The van der Waals surface area contributed by atoms with Crippen LogP contribution in [0.25, 0.3) is 11.2 Å². The monoisotopic (exact) mass is 754 g/mol. The molecule has 0 saturated carbocycles. The number of H-pyrrole nitrogens is 1. The quantitative estimate of drug-likeness (QED) is 0.101. The van der Waals surface area contributed by atoms with Gasteiger partial charge in [0.2, 0.25) is 11.9 Å². The molecule has 0 aliphatic carbocycles. The van der Waals surface area contributed by atoms with E-state index in [9.17, 15) is 41.9 Å². The Morgan fingerprint density at radius 3 is 2.31 bits per heavy atom. The first kappa shape index (κ1) is 40.4. The third-order valence-electron chi connectivity index (χ3n) is 7.68. The normalized spacial score (nSPS) is 11.8. The summed E-state index contributed by atoms with van der Waals surface area (Å²) in [5, 5.41) is 7.55. The Balaban J connectivity index is 1.39. The maximum Gasteiger partial charge on any atom is 0.471 e. The first-order valence-electron chi connectivity index (χ1n) is 16.5. The van der Waals surface area contributed by atoms with E-state index in [0.717, 1.165) is 43.1 Å². The van der Waals surface area contributed by atoms with Gasteiger partial charge < -0.3 is 20.1 Å². The molecule has 286 valence electrons. The van der Waals surface area contributed by atoms with Crippen LogP contribution in [0.2, 0.25) is 0 Å². The van der Waals surface area contributed by atoms with Crippen molar-refractivity contribution in [1.29, 1.82) is 0 Å². The van der Waals surface area contributed by atoms with Gasteiger partial charge in [0, 0.05) is 23.7 Å². The smallest absolute Gasteiger partial charge is 0.467 e. The zero-order valence-corrected chi connectivity index (χ0v) is 29.4. The number of benzene rings is 2. The van der Waals surface area contributed by atoms with E-state index in [1.165, 1.54) is 0 Å². The highest BCUT2D eigenvalue weighted by atomic mass is 19.4. The Bertz CT molecular complexity index is 2030. The lowest BCUT2D eigenvalue weighted by Gasteiger charge is -2.24. The molecule has 0 bridgehead atoms. The highest BCUT2D eigenvalue weighted by Gasteiger charge is 2.43. The molecule has 0 unspecified atom stereocenters. The second-order valence-electron chi connectivity index (χ2n) is 12.1. The van der Waals surface area contributed by atoms with E-state index < -0.39 is 60.0 Å². The van der Waals surface area contributed by atoms with Gasteiger partial charge in [-0.3, -0.25) is 34.4 Å². The van der Waals surface area contributed by atoms with Gasteiger partial charge in [0.25, 0.3) is 11.5 Å². The molecule has 1 atom stereocenters. The van der Waals surface area contributed by atoms with Crippen LogP contribution < -0.4 is 26.4 Å². The highest BCUT2D eigenvalue weighted by Crippen LogP contribution is 2.26. The molecule has 4 aromatic rings. The van der Waals surface area contributed by atoms with E-state index in [-0.39, 0.29) is 53.6 Å². The van der Waals surface area contributed by atoms with Crippen LogP contribution in [0.5, 0.6) is 0 Å². The maximum atomic E-state index is 13.7. The first-order chi connectivity index (χ1) is 25.7. The van der Waals surface area contributed by atoms with Crippen molar-refractivity contribution in [1.82, 2.24) is 30.6 Å². The van der Waals surface area contributed by atoms with E-state index >= 15 is 0 Å². The molecule has 2 aromatic heterocycles. The molecule has 19 heteroatoms. The molecule has 16 nitrogen and oxygen atoms in total. The summed E-state index contributed by atoms with van der Waals surface area (Å²) < 4.78 is 51.0. The number of carbonyl (C=O) groups excluding carboxylic acids is 5.